The van der Waals surface area contributed by atoms with E-state index >= 15 is 0 Å². The van der Waals surface area contributed by atoms with Crippen molar-refractivity contribution in [2.75, 3.05) is 0 Å². The second-order valence-electron chi connectivity index (χ2n) is 5.17. The zero-order valence-electron chi connectivity index (χ0n) is 10.9. The Labute approximate surface area is 113 Å². The van der Waals surface area contributed by atoms with Gasteiger partial charge in [0, 0.05) is 12.0 Å². The highest BCUT2D eigenvalue weighted by Crippen LogP contribution is 2.19. The smallest absolute Gasteiger partial charge is 0.163 e. The van der Waals surface area contributed by atoms with Crippen LogP contribution >= 0.6 is 11.3 Å². The molecule has 0 spiro atoms. The summed E-state index contributed by atoms with van der Waals surface area (Å²) in [6, 6.07) is 8.31. The average molecular weight is 270 g/mol. The molecule has 1 nitrogen and oxygen atoms in total. The lowest BCUT2D eigenvalue weighted by Crippen LogP contribution is -2.34. The molecule has 1 heterocycles. The van der Waals surface area contributed by atoms with Crippen molar-refractivity contribution >= 4 is 29.6 Å². The lowest BCUT2D eigenvalue weighted by molar-refractivity contribution is -0.656. The summed E-state index contributed by atoms with van der Waals surface area (Å²) >= 11 is 1.72. The highest BCUT2D eigenvalue weighted by Gasteiger charge is 2.18. The SMILES string of the molecule is C#CC[n+]1c(C#C[Si](C)(C)C)sc2ccccc21. The number of thiazole rings is 1. The molecule has 90 valence electrons. The number of aromatic nitrogens is 1. The molecule has 3 heteroatoms. The average Bonchev–Trinajstić information content (AvgIpc) is 2.65. The fourth-order valence-electron chi connectivity index (χ4n) is 1.62. The highest BCUT2D eigenvalue weighted by atomic mass is 32.1. The van der Waals surface area contributed by atoms with Gasteiger partial charge in [0.2, 0.25) is 12.1 Å². The molecule has 0 saturated carbocycles. The van der Waals surface area contributed by atoms with E-state index in [-0.39, 0.29) is 0 Å². The Balaban J connectivity index is 2.59. The van der Waals surface area contributed by atoms with Gasteiger partial charge in [-0.05, 0) is 12.0 Å². The Hall–Kier alpha value is -1.55. The fourth-order valence-corrected chi connectivity index (χ4v) is 3.21. The molecule has 0 unspecified atom stereocenters. The molecule has 0 aliphatic carbocycles. The van der Waals surface area contributed by atoms with Crippen LogP contribution in [-0.4, -0.2) is 8.07 Å². The van der Waals surface area contributed by atoms with Gasteiger partial charge < -0.3 is 0 Å². The Morgan fingerprint density at radius 3 is 2.67 bits per heavy atom. The summed E-state index contributed by atoms with van der Waals surface area (Å²) in [6.07, 6.45) is 5.46. The predicted octanol–water partition coefficient (Wildman–Crippen LogP) is 3.05. The van der Waals surface area contributed by atoms with Crippen LogP contribution in [0.1, 0.15) is 5.01 Å². The summed E-state index contributed by atoms with van der Waals surface area (Å²) in [4.78, 5) is 0. The number of hydrogen-bond acceptors (Lipinski definition) is 1. The molecule has 1 aromatic heterocycles. The molecule has 0 fully saturated rings. The van der Waals surface area contributed by atoms with Crippen LogP contribution in [0.3, 0.4) is 0 Å². The van der Waals surface area contributed by atoms with Crippen LogP contribution in [0, 0.1) is 23.8 Å². The maximum absolute atomic E-state index is 5.46. The van der Waals surface area contributed by atoms with Crippen LogP contribution in [0.15, 0.2) is 24.3 Å². The molecule has 2 aromatic rings. The summed E-state index contributed by atoms with van der Waals surface area (Å²) < 4.78 is 3.38. The normalized spacial score (nSPS) is 10.8. The van der Waals surface area contributed by atoms with Gasteiger partial charge in [-0.25, -0.2) is 0 Å². The molecule has 0 bridgehead atoms. The largest absolute Gasteiger partial charge is 0.315 e. The third-order valence-corrected chi connectivity index (χ3v) is 4.36. The van der Waals surface area contributed by atoms with Gasteiger partial charge >= 0.3 is 5.01 Å². The molecular weight excluding hydrogens is 254 g/mol. The lowest BCUT2D eigenvalue weighted by atomic mass is 10.3. The number of hydrogen-bond donors (Lipinski definition) is 0. The van der Waals surface area contributed by atoms with Crippen molar-refractivity contribution < 1.29 is 4.57 Å². The molecule has 0 radical (unpaired) electrons. The van der Waals surface area contributed by atoms with Crippen molar-refractivity contribution in [3.8, 4) is 23.8 Å². The van der Waals surface area contributed by atoms with Gasteiger partial charge in [-0.2, -0.15) is 4.57 Å². The quantitative estimate of drug-likeness (QED) is 0.426. The van der Waals surface area contributed by atoms with E-state index in [2.05, 4.69) is 59.8 Å². The van der Waals surface area contributed by atoms with Gasteiger partial charge in [-0.15, -0.1) is 12.0 Å². The van der Waals surface area contributed by atoms with Gasteiger partial charge in [0.05, 0.1) is 0 Å². The van der Waals surface area contributed by atoms with Crippen molar-refractivity contribution in [2.24, 2.45) is 0 Å². The van der Waals surface area contributed by atoms with E-state index in [9.17, 15) is 0 Å². The van der Waals surface area contributed by atoms with E-state index in [1.807, 2.05) is 6.07 Å². The summed E-state index contributed by atoms with van der Waals surface area (Å²) in [5.74, 6) is 6.04. The molecule has 0 aliphatic heterocycles. The van der Waals surface area contributed by atoms with Crippen molar-refractivity contribution in [3.63, 3.8) is 0 Å². The van der Waals surface area contributed by atoms with E-state index < -0.39 is 8.07 Å². The highest BCUT2D eigenvalue weighted by molar-refractivity contribution is 7.18. The number of benzene rings is 1. The Morgan fingerprint density at radius 1 is 1.28 bits per heavy atom. The molecule has 0 saturated heterocycles. The maximum atomic E-state index is 5.46. The summed E-state index contributed by atoms with van der Waals surface area (Å²) in [5, 5.41) is 1.07. The first kappa shape index (κ1) is 12.9. The minimum absolute atomic E-state index is 0.583. The minimum Gasteiger partial charge on any atom is -0.163 e. The molecule has 0 N–H and O–H groups in total. The van der Waals surface area contributed by atoms with Gasteiger partial charge in [0.1, 0.15) is 12.8 Å². The van der Waals surface area contributed by atoms with E-state index in [4.69, 9.17) is 6.42 Å². The lowest BCUT2D eigenvalue weighted by Gasteiger charge is -2.02. The van der Waals surface area contributed by atoms with Crippen LogP contribution in [0.5, 0.6) is 0 Å². The van der Waals surface area contributed by atoms with Gasteiger partial charge in [-0.1, -0.05) is 43.1 Å². The first-order valence-electron chi connectivity index (χ1n) is 5.89. The third kappa shape index (κ3) is 2.82. The van der Waals surface area contributed by atoms with Crippen LogP contribution < -0.4 is 4.57 Å². The third-order valence-electron chi connectivity index (χ3n) is 2.40. The molecule has 0 amide bonds. The molecule has 1 aromatic carbocycles. The van der Waals surface area contributed by atoms with E-state index in [0.717, 1.165) is 5.01 Å². The first-order valence-corrected chi connectivity index (χ1v) is 10.2. The number of nitrogens with zero attached hydrogens (tertiary/aromatic N) is 1. The standard InChI is InChI=1S/C15H16NSSi/c1-5-11-16-13-8-6-7-9-14(13)17-15(16)10-12-18(2,3)4/h1,6-9H,11H2,2-4H3/q+1. The molecule has 0 atom stereocenters. The van der Waals surface area contributed by atoms with E-state index in [1.165, 1.54) is 10.2 Å². The first-order chi connectivity index (χ1) is 8.51. The molecule has 2 rings (SSSR count). The minimum atomic E-state index is -1.35. The van der Waals surface area contributed by atoms with Crippen LogP contribution in [0.25, 0.3) is 10.2 Å². The summed E-state index contributed by atoms with van der Waals surface area (Å²) in [5.41, 5.74) is 4.59. The second kappa shape index (κ2) is 4.98. The van der Waals surface area contributed by atoms with Crippen molar-refractivity contribution in [2.45, 2.75) is 26.2 Å². The Kier molecular flexibility index (Phi) is 3.57. The number of para-hydroxylation sites is 1. The number of terminal acetylenes is 1. The van der Waals surface area contributed by atoms with Crippen LogP contribution in [-0.2, 0) is 6.54 Å². The van der Waals surface area contributed by atoms with Gasteiger partial charge in [-0.3, -0.25) is 0 Å². The van der Waals surface area contributed by atoms with Crippen LogP contribution in [0.2, 0.25) is 19.6 Å². The van der Waals surface area contributed by atoms with Crippen molar-refractivity contribution in [3.05, 3.63) is 29.3 Å². The Bertz CT molecular complexity index is 674. The fraction of sp³-hybridized carbons (Fsp3) is 0.267. The van der Waals surface area contributed by atoms with Crippen molar-refractivity contribution in [1.82, 2.24) is 0 Å². The maximum Gasteiger partial charge on any atom is 0.315 e. The van der Waals surface area contributed by atoms with E-state index in [1.54, 1.807) is 11.3 Å². The summed E-state index contributed by atoms with van der Waals surface area (Å²) in [7, 11) is -1.35. The van der Waals surface area contributed by atoms with E-state index in [0.29, 0.717) is 6.54 Å². The number of rotatable bonds is 1. The number of fused-ring (bicyclic) bond motifs is 1. The van der Waals surface area contributed by atoms with Gasteiger partial charge in [0.15, 0.2) is 0 Å². The zero-order chi connectivity index (χ0) is 13.2. The molecule has 18 heavy (non-hydrogen) atoms. The monoisotopic (exact) mass is 270 g/mol. The molecule has 0 aliphatic rings. The summed E-state index contributed by atoms with van der Waals surface area (Å²) in [6.45, 7) is 7.33. The predicted molar refractivity (Wildman–Crippen MR) is 81.1 cm³/mol. The van der Waals surface area contributed by atoms with Crippen molar-refractivity contribution in [1.29, 1.82) is 0 Å². The Morgan fingerprint density at radius 2 is 2.00 bits per heavy atom. The topological polar surface area (TPSA) is 3.88 Å². The molecular formula is C15H16NSSi+. The second-order valence-corrected chi connectivity index (χ2v) is 10.9. The zero-order valence-corrected chi connectivity index (χ0v) is 12.8. The van der Waals surface area contributed by atoms with Gasteiger partial charge in [0.25, 0.3) is 0 Å². The van der Waals surface area contributed by atoms with Crippen LogP contribution in [0.4, 0.5) is 0 Å².